The van der Waals surface area contributed by atoms with Crippen LogP contribution in [0.2, 0.25) is 0 Å². The Morgan fingerprint density at radius 3 is 1.77 bits per heavy atom. The molecule has 0 unspecified atom stereocenters. The number of hydrogen-bond donors (Lipinski definition) is 0. The molecule has 3 heteroatoms. The normalized spacial score (nSPS) is 11.6. The fourth-order valence-electron chi connectivity index (χ4n) is 6.56. The molecule has 0 spiro atoms. The van der Waals surface area contributed by atoms with Crippen LogP contribution in [-0.2, 0) is 0 Å². The molecule has 0 bridgehead atoms. The number of fused-ring (bicyclic) bond motifs is 6. The van der Waals surface area contributed by atoms with E-state index in [0.29, 0.717) is 0 Å². The zero-order valence-electron chi connectivity index (χ0n) is 23.8. The summed E-state index contributed by atoms with van der Waals surface area (Å²) >= 11 is 1.87. The van der Waals surface area contributed by atoms with Crippen molar-refractivity contribution in [1.82, 2.24) is 9.55 Å². The number of hydrogen-bond acceptors (Lipinski definition) is 2. The molecule has 0 saturated heterocycles. The first-order valence-corrected chi connectivity index (χ1v) is 15.7. The molecule has 9 aromatic rings. The topological polar surface area (TPSA) is 17.8 Å². The van der Waals surface area contributed by atoms with Gasteiger partial charge in [-0.05, 0) is 48.0 Å². The largest absolute Gasteiger partial charge is 0.309 e. The maximum Gasteiger partial charge on any atom is 0.0715 e. The lowest BCUT2D eigenvalue weighted by atomic mass is 9.98. The smallest absolute Gasteiger partial charge is 0.0715 e. The molecule has 0 saturated carbocycles. The van der Waals surface area contributed by atoms with Crippen molar-refractivity contribution in [1.29, 1.82) is 0 Å². The van der Waals surface area contributed by atoms with Gasteiger partial charge in [0.05, 0.1) is 28.1 Å². The van der Waals surface area contributed by atoms with E-state index in [1.54, 1.807) is 0 Å². The van der Waals surface area contributed by atoms with Crippen LogP contribution in [0.3, 0.4) is 0 Å². The van der Waals surface area contributed by atoms with Gasteiger partial charge in [0.1, 0.15) is 0 Å². The van der Waals surface area contributed by atoms with Gasteiger partial charge in [-0.3, -0.25) is 0 Å². The van der Waals surface area contributed by atoms with Gasteiger partial charge >= 0.3 is 0 Å². The lowest BCUT2D eigenvalue weighted by Gasteiger charge is -2.16. The molecular formula is C41H26N2S. The number of benzene rings is 6. The van der Waals surface area contributed by atoms with E-state index in [0.717, 1.165) is 33.8 Å². The predicted molar refractivity (Wildman–Crippen MR) is 188 cm³/mol. The fraction of sp³-hybridized carbons (Fsp3) is 0. The van der Waals surface area contributed by atoms with Gasteiger partial charge < -0.3 is 4.57 Å². The van der Waals surface area contributed by atoms with Gasteiger partial charge in [0.15, 0.2) is 0 Å². The molecule has 0 N–H and O–H groups in total. The first kappa shape index (κ1) is 25.0. The van der Waals surface area contributed by atoms with Crippen molar-refractivity contribution >= 4 is 53.3 Å². The summed E-state index contributed by atoms with van der Waals surface area (Å²) in [6.07, 6.45) is 0. The molecule has 206 valence electrons. The Kier molecular flexibility index (Phi) is 5.71. The summed E-state index contributed by atoms with van der Waals surface area (Å²) in [5.41, 5.74) is 10.0. The molecule has 0 aliphatic heterocycles. The highest BCUT2D eigenvalue weighted by atomic mass is 32.1. The summed E-state index contributed by atoms with van der Waals surface area (Å²) in [5.74, 6) is 0. The van der Waals surface area contributed by atoms with Crippen molar-refractivity contribution in [2.45, 2.75) is 0 Å². The average molecular weight is 579 g/mol. The lowest BCUT2D eigenvalue weighted by Crippen LogP contribution is -1.98. The third-order valence-electron chi connectivity index (χ3n) is 8.59. The number of rotatable bonds is 4. The third kappa shape index (κ3) is 3.98. The van der Waals surface area contributed by atoms with Crippen LogP contribution in [0.25, 0.3) is 81.3 Å². The van der Waals surface area contributed by atoms with Crippen LogP contribution in [0.5, 0.6) is 0 Å². The Hall–Kier alpha value is -5.51. The van der Waals surface area contributed by atoms with E-state index >= 15 is 0 Å². The fourth-order valence-corrected chi connectivity index (χ4v) is 7.69. The highest BCUT2D eigenvalue weighted by molar-refractivity contribution is 7.25. The molecular weight excluding hydrogens is 553 g/mol. The number of pyridine rings is 1. The summed E-state index contributed by atoms with van der Waals surface area (Å²) in [4.78, 5) is 5.14. The highest BCUT2D eigenvalue weighted by Gasteiger charge is 2.18. The summed E-state index contributed by atoms with van der Waals surface area (Å²) in [7, 11) is 0. The summed E-state index contributed by atoms with van der Waals surface area (Å²) in [6.45, 7) is 0. The maximum atomic E-state index is 5.14. The standard InChI is InChI=1S/C41H26N2S/c1-3-13-27(14-4-1)35-23-29(24-36(42-35)28-15-5-2-6-16-28)30-17-7-10-20-37(30)43-38-21-11-8-18-31(38)33-26-41-34(25-39(33)43)32-19-9-12-22-40(32)44-41/h1-26H. The van der Waals surface area contributed by atoms with Gasteiger partial charge in [-0.15, -0.1) is 11.3 Å². The minimum atomic E-state index is 0.963. The summed E-state index contributed by atoms with van der Waals surface area (Å²) in [6, 6.07) is 56.5. The Labute approximate surface area is 259 Å². The Morgan fingerprint density at radius 1 is 0.409 bits per heavy atom. The Balaban J connectivity index is 1.35. The van der Waals surface area contributed by atoms with Crippen molar-refractivity contribution < 1.29 is 0 Å². The molecule has 0 fully saturated rings. The van der Waals surface area contributed by atoms with Gasteiger partial charge in [0, 0.05) is 47.6 Å². The van der Waals surface area contributed by atoms with Crippen molar-refractivity contribution in [3.05, 3.63) is 158 Å². The zero-order valence-corrected chi connectivity index (χ0v) is 24.6. The lowest BCUT2D eigenvalue weighted by molar-refractivity contribution is 1.18. The average Bonchev–Trinajstić information content (AvgIpc) is 3.62. The minimum absolute atomic E-state index is 0.963. The second-order valence-corrected chi connectivity index (χ2v) is 12.3. The molecule has 0 aliphatic rings. The molecule has 6 aromatic carbocycles. The van der Waals surface area contributed by atoms with E-state index in [1.807, 2.05) is 11.3 Å². The summed E-state index contributed by atoms with van der Waals surface area (Å²) < 4.78 is 5.10. The second-order valence-electron chi connectivity index (χ2n) is 11.2. The first-order chi connectivity index (χ1) is 21.8. The monoisotopic (exact) mass is 578 g/mol. The number of thiophene rings is 1. The predicted octanol–water partition coefficient (Wildman–Crippen LogP) is 11.5. The Morgan fingerprint density at radius 2 is 1.02 bits per heavy atom. The molecule has 3 aromatic heterocycles. The quantitative estimate of drug-likeness (QED) is 0.203. The summed E-state index contributed by atoms with van der Waals surface area (Å²) in [5, 5.41) is 5.16. The van der Waals surface area contributed by atoms with Gasteiger partial charge in [-0.1, -0.05) is 115 Å². The van der Waals surface area contributed by atoms with E-state index in [1.165, 1.54) is 47.5 Å². The van der Waals surface area contributed by atoms with E-state index in [9.17, 15) is 0 Å². The van der Waals surface area contributed by atoms with E-state index in [4.69, 9.17) is 4.98 Å². The van der Waals surface area contributed by atoms with Crippen molar-refractivity contribution in [2.24, 2.45) is 0 Å². The molecule has 0 radical (unpaired) electrons. The van der Waals surface area contributed by atoms with Crippen LogP contribution in [0, 0.1) is 0 Å². The van der Waals surface area contributed by atoms with Crippen LogP contribution in [0.4, 0.5) is 0 Å². The first-order valence-electron chi connectivity index (χ1n) is 14.9. The number of nitrogens with zero attached hydrogens (tertiary/aromatic N) is 2. The van der Waals surface area contributed by atoms with Gasteiger partial charge in [0.2, 0.25) is 0 Å². The zero-order chi connectivity index (χ0) is 29.0. The van der Waals surface area contributed by atoms with E-state index < -0.39 is 0 Å². The number of para-hydroxylation sites is 2. The SMILES string of the molecule is c1ccc(-c2cc(-c3ccccc3-n3c4ccccc4c4cc5sc6ccccc6c5cc43)cc(-c3ccccc3)n2)cc1. The van der Waals surface area contributed by atoms with Crippen LogP contribution >= 0.6 is 11.3 Å². The Bertz CT molecular complexity index is 2430. The van der Waals surface area contributed by atoms with Crippen molar-refractivity contribution in [3.63, 3.8) is 0 Å². The molecule has 0 amide bonds. The van der Waals surface area contributed by atoms with Crippen molar-refractivity contribution in [2.75, 3.05) is 0 Å². The molecule has 0 aliphatic carbocycles. The van der Waals surface area contributed by atoms with Gasteiger partial charge in [-0.2, -0.15) is 0 Å². The van der Waals surface area contributed by atoms with Crippen LogP contribution in [0.1, 0.15) is 0 Å². The molecule has 9 rings (SSSR count). The van der Waals surface area contributed by atoms with Crippen molar-refractivity contribution in [3.8, 4) is 39.3 Å². The van der Waals surface area contributed by atoms with E-state index in [2.05, 4.69) is 162 Å². The third-order valence-corrected chi connectivity index (χ3v) is 9.73. The molecule has 2 nitrogen and oxygen atoms in total. The second kappa shape index (κ2) is 10.0. The maximum absolute atomic E-state index is 5.14. The molecule has 44 heavy (non-hydrogen) atoms. The van der Waals surface area contributed by atoms with E-state index in [-0.39, 0.29) is 0 Å². The van der Waals surface area contributed by atoms with Gasteiger partial charge in [0.25, 0.3) is 0 Å². The highest BCUT2D eigenvalue weighted by Crippen LogP contribution is 2.42. The van der Waals surface area contributed by atoms with Crippen LogP contribution in [-0.4, -0.2) is 9.55 Å². The van der Waals surface area contributed by atoms with Crippen LogP contribution in [0.15, 0.2) is 158 Å². The van der Waals surface area contributed by atoms with Gasteiger partial charge in [-0.25, -0.2) is 4.98 Å². The minimum Gasteiger partial charge on any atom is -0.309 e. The molecule has 0 atom stereocenters. The molecule has 3 heterocycles. The number of aromatic nitrogens is 2. The van der Waals surface area contributed by atoms with Crippen LogP contribution < -0.4 is 0 Å².